The molecule has 2 heterocycles. The van der Waals surface area contributed by atoms with E-state index in [0.717, 1.165) is 35.9 Å². The molecule has 1 aliphatic rings. The summed E-state index contributed by atoms with van der Waals surface area (Å²) in [6.07, 6.45) is 4.69. The summed E-state index contributed by atoms with van der Waals surface area (Å²) in [6.45, 7) is 1.35. The maximum atomic E-state index is 12.1. The first-order valence-corrected chi connectivity index (χ1v) is 7.44. The van der Waals surface area contributed by atoms with E-state index in [1.807, 2.05) is 30.5 Å². The molecule has 21 heavy (non-hydrogen) atoms. The predicted octanol–water partition coefficient (Wildman–Crippen LogP) is 1.33. The Hall–Kier alpha value is -1.85. The Balaban J connectivity index is 1.57. The van der Waals surface area contributed by atoms with Crippen molar-refractivity contribution < 1.29 is 9.53 Å². The summed E-state index contributed by atoms with van der Waals surface area (Å²) in [5, 5.41) is 4.01. The summed E-state index contributed by atoms with van der Waals surface area (Å²) in [5.74, 6) is -0.115. The SMILES string of the molecule is N[C@@H](Cc1c[nH]c2ccccc12)C(=O)NCC1CCCO1. The Labute approximate surface area is 123 Å². The van der Waals surface area contributed by atoms with E-state index in [9.17, 15) is 4.79 Å². The molecular formula is C16H21N3O2. The van der Waals surface area contributed by atoms with Crippen molar-refractivity contribution in [3.05, 3.63) is 36.0 Å². The Kier molecular flexibility index (Phi) is 4.22. The molecule has 1 aromatic carbocycles. The molecule has 0 bridgehead atoms. The number of hydrogen-bond acceptors (Lipinski definition) is 3. The molecule has 2 aromatic rings. The number of nitrogens with two attached hydrogens (primary N) is 1. The van der Waals surface area contributed by atoms with Gasteiger partial charge in [0.25, 0.3) is 0 Å². The summed E-state index contributed by atoms with van der Waals surface area (Å²) in [7, 11) is 0. The van der Waals surface area contributed by atoms with Gasteiger partial charge < -0.3 is 20.8 Å². The summed E-state index contributed by atoms with van der Waals surface area (Å²) in [6, 6.07) is 7.49. The average molecular weight is 287 g/mol. The van der Waals surface area contributed by atoms with Gasteiger partial charge in [0.15, 0.2) is 0 Å². The number of rotatable bonds is 5. The van der Waals surface area contributed by atoms with Crippen molar-refractivity contribution in [3.63, 3.8) is 0 Å². The van der Waals surface area contributed by atoms with E-state index in [2.05, 4.69) is 10.3 Å². The molecule has 5 heteroatoms. The Bertz CT molecular complexity index is 617. The highest BCUT2D eigenvalue weighted by Gasteiger charge is 2.19. The highest BCUT2D eigenvalue weighted by atomic mass is 16.5. The molecule has 1 aromatic heterocycles. The fraction of sp³-hybridized carbons (Fsp3) is 0.438. The molecule has 0 spiro atoms. The lowest BCUT2D eigenvalue weighted by Gasteiger charge is -2.14. The van der Waals surface area contributed by atoms with Crippen molar-refractivity contribution in [3.8, 4) is 0 Å². The number of para-hydroxylation sites is 1. The van der Waals surface area contributed by atoms with Crippen LogP contribution in [0.4, 0.5) is 0 Å². The summed E-state index contributed by atoms with van der Waals surface area (Å²) in [4.78, 5) is 15.3. The van der Waals surface area contributed by atoms with Crippen molar-refractivity contribution in [1.82, 2.24) is 10.3 Å². The van der Waals surface area contributed by atoms with E-state index < -0.39 is 6.04 Å². The molecule has 1 fully saturated rings. The summed E-state index contributed by atoms with van der Waals surface area (Å²) in [5.41, 5.74) is 8.16. The number of carbonyl (C=O) groups is 1. The lowest BCUT2D eigenvalue weighted by atomic mass is 10.0. The van der Waals surface area contributed by atoms with Gasteiger partial charge in [-0.25, -0.2) is 0 Å². The molecule has 1 amide bonds. The molecule has 1 unspecified atom stereocenters. The number of nitrogens with one attached hydrogen (secondary N) is 2. The zero-order valence-electron chi connectivity index (χ0n) is 12.0. The molecule has 112 valence electrons. The van der Waals surface area contributed by atoms with E-state index in [1.165, 1.54) is 0 Å². The van der Waals surface area contributed by atoms with Gasteiger partial charge in [0.05, 0.1) is 12.1 Å². The maximum absolute atomic E-state index is 12.1. The normalized spacial score (nSPS) is 19.8. The fourth-order valence-electron chi connectivity index (χ4n) is 2.78. The second-order valence-electron chi connectivity index (χ2n) is 5.55. The van der Waals surface area contributed by atoms with Crippen LogP contribution >= 0.6 is 0 Å². The van der Waals surface area contributed by atoms with Crippen LogP contribution in [0.15, 0.2) is 30.5 Å². The highest BCUT2D eigenvalue weighted by Crippen LogP contribution is 2.18. The number of aromatic amines is 1. The standard InChI is InChI=1S/C16H21N3O2/c17-14(16(20)19-10-12-4-3-7-21-12)8-11-9-18-15-6-2-1-5-13(11)15/h1-2,5-6,9,12,14,18H,3-4,7-8,10,17H2,(H,19,20)/t12?,14-/m0/s1. The van der Waals surface area contributed by atoms with Gasteiger partial charge >= 0.3 is 0 Å². The Morgan fingerprint density at radius 3 is 3.14 bits per heavy atom. The third-order valence-corrected chi connectivity index (χ3v) is 3.98. The number of fused-ring (bicyclic) bond motifs is 1. The van der Waals surface area contributed by atoms with Gasteiger partial charge in [-0.2, -0.15) is 0 Å². The molecule has 2 atom stereocenters. The second kappa shape index (κ2) is 6.28. The molecule has 1 saturated heterocycles. The number of aromatic nitrogens is 1. The van der Waals surface area contributed by atoms with Gasteiger partial charge in [0.2, 0.25) is 5.91 Å². The molecule has 0 radical (unpaired) electrons. The lowest BCUT2D eigenvalue weighted by molar-refractivity contribution is -0.122. The third-order valence-electron chi connectivity index (χ3n) is 3.98. The van der Waals surface area contributed by atoms with Crippen LogP contribution in [0.25, 0.3) is 10.9 Å². The van der Waals surface area contributed by atoms with Gasteiger partial charge in [-0.1, -0.05) is 18.2 Å². The molecule has 0 aliphatic carbocycles. The van der Waals surface area contributed by atoms with Crippen LogP contribution in [0.2, 0.25) is 0 Å². The van der Waals surface area contributed by atoms with Crippen LogP contribution in [0, 0.1) is 0 Å². The first-order valence-electron chi connectivity index (χ1n) is 7.44. The zero-order valence-corrected chi connectivity index (χ0v) is 12.0. The van der Waals surface area contributed by atoms with Crippen LogP contribution in [-0.4, -0.2) is 36.2 Å². The second-order valence-corrected chi connectivity index (χ2v) is 5.55. The van der Waals surface area contributed by atoms with Crippen LogP contribution in [-0.2, 0) is 16.0 Å². The van der Waals surface area contributed by atoms with Gasteiger partial charge in [-0.15, -0.1) is 0 Å². The minimum atomic E-state index is -0.536. The van der Waals surface area contributed by atoms with E-state index in [4.69, 9.17) is 10.5 Å². The number of ether oxygens (including phenoxy) is 1. The van der Waals surface area contributed by atoms with Gasteiger partial charge in [-0.3, -0.25) is 4.79 Å². The van der Waals surface area contributed by atoms with Gasteiger partial charge in [-0.05, 0) is 30.9 Å². The Morgan fingerprint density at radius 1 is 1.48 bits per heavy atom. The number of amides is 1. The van der Waals surface area contributed by atoms with Crippen molar-refractivity contribution in [2.24, 2.45) is 5.73 Å². The summed E-state index contributed by atoms with van der Waals surface area (Å²) < 4.78 is 5.49. The van der Waals surface area contributed by atoms with E-state index in [1.54, 1.807) is 0 Å². The van der Waals surface area contributed by atoms with Crippen molar-refractivity contribution in [2.75, 3.05) is 13.2 Å². The van der Waals surface area contributed by atoms with Crippen LogP contribution in [0.5, 0.6) is 0 Å². The molecule has 4 N–H and O–H groups in total. The topological polar surface area (TPSA) is 80.1 Å². The molecule has 3 rings (SSSR count). The van der Waals surface area contributed by atoms with E-state index >= 15 is 0 Å². The molecule has 1 aliphatic heterocycles. The number of hydrogen-bond donors (Lipinski definition) is 3. The predicted molar refractivity (Wildman–Crippen MR) is 82.0 cm³/mol. The minimum Gasteiger partial charge on any atom is -0.376 e. The minimum absolute atomic E-state index is 0.115. The lowest BCUT2D eigenvalue weighted by Crippen LogP contribution is -2.44. The van der Waals surface area contributed by atoms with Gasteiger partial charge in [0, 0.05) is 30.3 Å². The van der Waals surface area contributed by atoms with E-state index in [-0.39, 0.29) is 12.0 Å². The van der Waals surface area contributed by atoms with Gasteiger partial charge in [0.1, 0.15) is 0 Å². The molecule has 5 nitrogen and oxygen atoms in total. The third kappa shape index (κ3) is 3.25. The zero-order chi connectivity index (χ0) is 14.7. The van der Waals surface area contributed by atoms with E-state index in [0.29, 0.717) is 13.0 Å². The maximum Gasteiger partial charge on any atom is 0.237 e. The first kappa shape index (κ1) is 14.1. The number of H-pyrrole nitrogens is 1. The van der Waals surface area contributed by atoms with Crippen molar-refractivity contribution in [2.45, 2.75) is 31.4 Å². The fourth-order valence-corrected chi connectivity index (χ4v) is 2.78. The quantitative estimate of drug-likeness (QED) is 0.776. The number of carbonyl (C=O) groups excluding carboxylic acids is 1. The smallest absolute Gasteiger partial charge is 0.237 e. The molecule has 0 saturated carbocycles. The molecular weight excluding hydrogens is 266 g/mol. The largest absolute Gasteiger partial charge is 0.376 e. The Morgan fingerprint density at radius 2 is 2.33 bits per heavy atom. The monoisotopic (exact) mass is 287 g/mol. The summed E-state index contributed by atoms with van der Waals surface area (Å²) >= 11 is 0. The average Bonchev–Trinajstić information content (AvgIpc) is 3.15. The van der Waals surface area contributed by atoms with Crippen molar-refractivity contribution >= 4 is 16.8 Å². The number of benzene rings is 1. The first-order chi connectivity index (χ1) is 10.2. The van der Waals surface area contributed by atoms with Crippen LogP contribution in [0.3, 0.4) is 0 Å². The van der Waals surface area contributed by atoms with Crippen LogP contribution in [0.1, 0.15) is 18.4 Å². The highest BCUT2D eigenvalue weighted by molar-refractivity contribution is 5.86. The van der Waals surface area contributed by atoms with Crippen LogP contribution < -0.4 is 11.1 Å². The van der Waals surface area contributed by atoms with Crippen molar-refractivity contribution in [1.29, 1.82) is 0 Å².